The van der Waals surface area contributed by atoms with Crippen molar-refractivity contribution in [2.75, 3.05) is 7.11 Å². The molecule has 2 aliphatic rings. The number of ketones is 1. The fraction of sp³-hybridized carbons (Fsp3) is 0.562. The Kier molecular flexibility index (Phi) is 4.14. The molecule has 8 heteroatoms. The fourth-order valence-corrected chi connectivity index (χ4v) is 6.19. The van der Waals surface area contributed by atoms with E-state index >= 15 is 0 Å². The average molecular weight is 362 g/mol. The topological polar surface area (TPSA) is 60.4 Å². The van der Waals surface area contributed by atoms with Crippen LogP contribution in [-0.4, -0.2) is 31.8 Å². The van der Waals surface area contributed by atoms with Crippen molar-refractivity contribution >= 4 is 15.6 Å². The van der Waals surface area contributed by atoms with Crippen LogP contribution in [-0.2, 0) is 16.0 Å². The van der Waals surface area contributed by atoms with E-state index in [1.54, 1.807) is 0 Å². The van der Waals surface area contributed by atoms with Crippen molar-refractivity contribution < 1.29 is 31.1 Å². The first-order chi connectivity index (χ1) is 11.1. The third-order valence-electron chi connectivity index (χ3n) is 5.00. The van der Waals surface area contributed by atoms with Crippen LogP contribution < -0.4 is 4.74 Å². The summed E-state index contributed by atoms with van der Waals surface area (Å²) in [7, 11) is -1.94. The molecule has 2 heterocycles. The van der Waals surface area contributed by atoms with Crippen LogP contribution in [0.25, 0.3) is 0 Å². The Hall–Kier alpha value is -1.57. The summed E-state index contributed by atoms with van der Waals surface area (Å²) < 4.78 is 67.5. The van der Waals surface area contributed by atoms with Gasteiger partial charge < -0.3 is 4.74 Å². The summed E-state index contributed by atoms with van der Waals surface area (Å²) in [5.41, 5.74) is -0.809. The Morgan fingerprint density at radius 1 is 1.17 bits per heavy atom. The minimum atomic E-state index is -4.52. The molecule has 2 aliphatic heterocycles. The highest BCUT2D eigenvalue weighted by Crippen LogP contribution is 2.43. The molecule has 0 spiro atoms. The van der Waals surface area contributed by atoms with Gasteiger partial charge in [-0.15, -0.1) is 0 Å². The zero-order chi connectivity index (χ0) is 17.7. The molecule has 2 atom stereocenters. The average Bonchev–Trinajstić information content (AvgIpc) is 2.70. The highest BCUT2D eigenvalue weighted by atomic mass is 32.2. The zero-order valence-electron chi connectivity index (χ0n) is 13.0. The lowest BCUT2D eigenvalue weighted by atomic mass is 9.89. The smallest absolute Gasteiger partial charge is 0.416 e. The Labute approximate surface area is 137 Å². The van der Waals surface area contributed by atoms with Gasteiger partial charge in [-0.1, -0.05) is 0 Å². The summed E-state index contributed by atoms with van der Waals surface area (Å²) in [4.78, 5) is 12.7. The van der Waals surface area contributed by atoms with Gasteiger partial charge in [0.05, 0.1) is 28.7 Å². The van der Waals surface area contributed by atoms with Gasteiger partial charge in [-0.2, -0.15) is 13.2 Å². The zero-order valence-corrected chi connectivity index (χ0v) is 13.8. The number of methoxy groups -OCH3 is 1. The van der Waals surface area contributed by atoms with Crippen molar-refractivity contribution in [2.45, 2.75) is 42.4 Å². The van der Waals surface area contributed by atoms with Crippen molar-refractivity contribution in [3.05, 3.63) is 29.3 Å². The number of carbonyl (C=O) groups is 1. The van der Waals surface area contributed by atoms with Crippen LogP contribution in [0, 0.1) is 5.92 Å². The predicted octanol–water partition coefficient (Wildman–Crippen LogP) is 3.25. The molecule has 4 nitrogen and oxygen atoms in total. The summed E-state index contributed by atoms with van der Waals surface area (Å²) in [5.74, 6) is -0.959. The lowest BCUT2D eigenvalue weighted by molar-refractivity contribution is -0.137. The molecule has 0 amide bonds. The summed E-state index contributed by atoms with van der Waals surface area (Å²) in [6, 6.07) is 2.78. The molecule has 0 saturated carbocycles. The number of benzene rings is 1. The van der Waals surface area contributed by atoms with Crippen LogP contribution >= 0.6 is 0 Å². The normalized spacial score (nSPS) is 28.6. The largest absolute Gasteiger partial charge is 0.496 e. The summed E-state index contributed by atoms with van der Waals surface area (Å²) >= 11 is 0. The van der Waals surface area contributed by atoms with E-state index in [4.69, 9.17) is 4.74 Å². The molecule has 1 aromatic rings. The molecule has 2 saturated heterocycles. The Bertz CT molecular complexity index is 750. The number of hydrogen-bond donors (Lipinski definition) is 0. The second-order valence-electron chi connectivity index (χ2n) is 6.36. The van der Waals surface area contributed by atoms with E-state index in [0.717, 1.165) is 18.2 Å². The van der Waals surface area contributed by atoms with Crippen LogP contribution in [0.5, 0.6) is 5.75 Å². The molecule has 2 fully saturated rings. The SMILES string of the molecule is COc1cc(C(F)(F)F)ccc1C(=O)C1CC2CCC(C1)S2(=O)=O. The minimum absolute atomic E-state index is 0.0780. The molecule has 2 unspecified atom stereocenters. The van der Waals surface area contributed by atoms with Crippen LogP contribution in [0.1, 0.15) is 41.6 Å². The van der Waals surface area contributed by atoms with Gasteiger partial charge in [0.25, 0.3) is 0 Å². The highest BCUT2D eigenvalue weighted by molar-refractivity contribution is 7.93. The Morgan fingerprint density at radius 2 is 1.75 bits per heavy atom. The molecule has 24 heavy (non-hydrogen) atoms. The van der Waals surface area contributed by atoms with E-state index < -0.39 is 38.0 Å². The maximum absolute atomic E-state index is 12.8. The first-order valence-corrected chi connectivity index (χ1v) is 9.27. The monoisotopic (exact) mass is 362 g/mol. The third kappa shape index (κ3) is 2.81. The molecular weight excluding hydrogens is 345 g/mol. The summed E-state index contributed by atoms with van der Waals surface area (Å²) in [6.45, 7) is 0. The molecule has 132 valence electrons. The second-order valence-corrected chi connectivity index (χ2v) is 8.87. The van der Waals surface area contributed by atoms with Crippen molar-refractivity contribution in [3.63, 3.8) is 0 Å². The lowest BCUT2D eigenvalue weighted by Crippen LogP contribution is -2.36. The van der Waals surface area contributed by atoms with Crippen molar-refractivity contribution in [1.29, 1.82) is 0 Å². The van der Waals surface area contributed by atoms with Crippen molar-refractivity contribution in [1.82, 2.24) is 0 Å². The number of ether oxygens (including phenoxy) is 1. The third-order valence-corrected chi connectivity index (χ3v) is 7.71. The molecule has 2 bridgehead atoms. The van der Waals surface area contributed by atoms with Gasteiger partial charge in [0.2, 0.25) is 0 Å². The number of rotatable bonds is 3. The maximum Gasteiger partial charge on any atom is 0.416 e. The van der Waals surface area contributed by atoms with Crippen molar-refractivity contribution in [2.24, 2.45) is 5.92 Å². The number of alkyl halides is 3. The molecule has 0 aliphatic carbocycles. The summed E-state index contributed by atoms with van der Waals surface area (Å²) in [6.07, 6.45) is -2.93. The first kappa shape index (κ1) is 17.3. The Balaban J connectivity index is 1.89. The van der Waals surface area contributed by atoms with E-state index in [9.17, 15) is 26.4 Å². The number of sulfone groups is 1. The van der Waals surface area contributed by atoms with Crippen LogP contribution in [0.3, 0.4) is 0 Å². The van der Waals surface area contributed by atoms with Crippen LogP contribution in [0.15, 0.2) is 18.2 Å². The molecule has 0 radical (unpaired) electrons. The fourth-order valence-electron chi connectivity index (χ4n) is 3.71. The Morgan fingerprint density at radius 3 is 2.25 bits per heavy atom. The van der Waals surface area contributed by atoms with E-state index in [1.807, 2.05) is 0 Å². The van der Waals surface area contributed by atoms with E-state index in [-0.39, 0.29) is 29.9 Å². The van der Waals surface area contributed by atoms with Gasteiger partial charge in [-0.25, -0.2) is 8.42 Å². The number of carbonyl (C=O) groups excluding carboxylic acids is 1. The van der Waals surface area contributed by atoms with E-state index in [1.165, 1.54) is 7.11 Å². The van der Waals surface area contributed by atoms with Crippen LogP contribution in [0.2, 0.25) is 0 Å². The molecular formula is C16H17F3O4S. The highest BCUT2D eigenvalue weighted by Gasteiger charge is 2.48. The van der Waals surface area contributed by atoms with Crippen LogP contribution in [0.4, 0.5) is 13.2 Å². The van der Waals surface area contributed by atoms with E-state index in [2.05, 4.69) is 0 Å². The van der Waals surface area contributed by atoms with Gasteiger partial charge in [0.15, 0.2) is 15.6 Å². The van der Waals surface area contributed by atoms with Gasteiger partial charge in [-0.05, 0) is 43.9 Å². The van der Waals surface area contributed by atoms with Gasteiger partial charge in [0, 0.05) is 5.92 Å². The number of fused-ring (bicyclic) bond motifs is 2. The van der Waals surface area contributed by atoms with Gasteiger partial charge >= 0.3 is 6.18 Å². The predicted molar refractivity (Wildman–Crippen MR) is 80.8 cm³/mol. The van der Waals surface area contributed by atoms with Gasteiger partial charge in [-0.3, -0.25) is 4.79 Å². The number of Topliss-reactive ketones (excluding diaryl/α,β-unsaturated/α-hetero) is 1. The second kappa shape index (κ2) is 5.75. The summed E-state index contributed by atoms with van der Waals surface area (Å²) in [5, 5.41) is -1.02. The number of hydrogen-bond acceptors (Lipinski definition) is 4. The molecule has 3 rings (SSSR count). The maximum atomic E-state index is 12.8. The van der Waals surface area contributed by atoms with Crippen molar-refractivity contribution in [3.8, 4) is 5.75 Å². The molecule has 0 N–H and O–H groups in total. The first-order valence-electron chi connectivity index (χ1n) is 7.66. The van der Waals surface area contributed by atoms with E-state index in [0.29, 0.717) is 12.8 Å². The lowest BCUT2D eigenvalue weighted by Gasteiger charge is -2.27. The molecule has 1 aromatic carbocycles. The molecule has 0 aromatic heterocycles. The number of halogens is 3. The minimum Gasteiger partial charge on any atom is -0.496 e. The standard InChI is InChI=1S/C16H17F3O4S/c1-23-14-8-10(16(17,18)19)2-5-13(14)15(20)9-6-11-3-4-12(7-9)24(11,21)22/h2,5,8-9,11-12H,3-4,6-7H2,1H3. The quantitative estimate of drug-likeness (QED) is 0.775. The van der Waals surface area contributed by atoms with Gasteiger partial charge in [0.1, 0.15) is 5.75 Å².